The van der Waals surface area contributed by atoms with Gasteiger partial charge in [0, 0.05) is 16.8 Å². The third-order valence-electron chi connectivity index (χ3n) is 0. The summed E-state index contributed by atoms with van der Waals surface area (Å²) in [6.07, 6.45) is 0. The van der Waals surface area contributed by atoms with Gasteiger partial charge in [-0.2, -0.15) is 0 Å². The van der Waals surface area contributed by atoms with Crippen molar-refractivity contribution >= 4 is 0 Å². The van der Waals surface area contributed by atoms with Gasteiger partial charge < -0.3 is 0 Å². The minimum atomic E-state index is 0. The van der Waals surface area contributed by atoms with Gasteiger partial charge in [0.15, 0.2) is 0 Å². The minimum absolute atomic E-state index is 0. The van der Waals surface area contributed by atoms with Crippen LogP contribution in [0.3, 0.4) is 0 Å². The van der Waals surface area contributed by atoms with Crippen LogP contribution < -0.4 is 0 Å². The number of hydrogen-bond acceptors (Lipinski definition) is 1. The van der Waals surface area contributed by atoms with E-state index in [4.69, 9.17) is 5.26 Å². The zero-order valence-electron chi connectivity index (χ0n) is 1.69. The molecule has 1 radical (unpaired) electrons. The summed E-state index contributed by atoms with van der Waals surface area (Å²) in [4.78, 5) is 1.62. The SMILES string of the molecule is N#[C][Cr].[Co]. The Labute approximate surface area is 43.6 Å². The fourth-order valence-corrected chi connectivity index (χ4v) is 0. The van der Waals surface area contributed by atoms with Gasteiger partial charge in [-0.25, -0.2) is 0 Å². The monoisotopic (exact) mass is 137 g/mol. The predicted molar refractivity (Wildman–Crippen MR) is 5.61 cm³/mol. The average Bonchev–Trinajstić information content (AvgIpc) is 0.918. The van der Waals surface area contributed by atoms with Crippen LogP contribution in [-0.2, 0) is 33.1 Å². The van der Waals surface area contributed by atoms with Crippen molar-refractivity contribution in [3.05, 3.63) is 0 Å². The molecule has 4 heavy (non-hydrogen) atoms. The molecule has 0 bridgehead atoms. The molecular weight excluding hydrogens is 137 g/mol. The van der Waals surface area contributed by atoms with Crippen molar-refractivity contribution in [3.63, 3.8) is 0 Å². The molecule has 0 saturated heterocycles. The molecule has 0 N–H and O–H groups in total. The maximum absolute atomic E-state index is 7.26. The van der Waals surface area contributed by atoms with Gasteiger partial charge in [-0.3, -0.25) is 0 Å². The summed E-state index contributed by atoms with van der Waals surface area (Å²) in [6.45, 7) is 0. The largest absolute Gasteiger partial charge is 0 e. The quantitative estimate of drug-likeness (QED) is 0.461. The molecule has 0 rings (SSSR count). The summed E-state index contributed by atoms with van der Waals surface area (Å²) >= 11 is 2.11. The molecular formula is CCoCrN. The van der Waals surface area contributed by atoms with Crippen molar-refractivity contribution < 1.29 is 33.1 Å². The molecule has 0 aromatic heterocycles. The summed E-state index contributed by atoms with van der Waals surface area (Å²) in [5, 5.41) is 7.26. The molecule has 0 atom stereocenters. The summed E-state index contributed by atoms with van der Waals surface area (Å²) in [5.74, 6) is 0. The molecule has 0 aliphatic carbocycles. The van der Waals surface area contributed by atoms with E-state index in [0.29, 0.717) is 0 Å². The van der Waals surface area contributed by atoms with Crippen LogP contribution in [0.25, 0.3) is 0 Å². The van der Waals surface area contributed by atoms with E-state index in [1.807, 2.05) is 0 Å². The van der Waals surface area contributed by atoms with Crippen LogP contribution in [0, 0.1) is 10.2 Å². The topological polar surface area (TPSA) is 23.8 Å². The summed E-state index contributed by atoms with van der Waals surface area (Å²) in [7, 11) is 0. The summed E-state index contributed by atoms with van der Waals surface area (Å²) in [6, 6.07) is 0. The first-order valence-electron chi connectivity index (χ1n) is 0.428. The molecule has 0 amide bonds. The second kappa shape index (κ2) is 9.65. The normalized spacial score (nSPS) is 1.75. The van der Waals surface area contributed by atoms with Gasteiger partial charge in [-0.15, -0.1) is 0 Å². The Kier molecular flexibility index (Phi) is 21.3. The van der Waals surface area contributed by atoms with Crippen LogP contribution in [0.15, 0.2) is 0 Å². The molecule has 0 aliphatic heterocycles. The first-order chi connectivity index (χ1) is 1.41. The zero-order chi connectivity index (χ0) is 2.71. The van der Waals surface area contributed by atoms with Gasteiger partial charge in [0.1, 0.15) is 0 Å². The fraction of sp³-hybridized carbons (Fsp3) is 0. The molecule has 3 heteroatoms. The standard InChI is InChI=1S/CN.Co.Cr/c1-2;;. The summed E-state index contributed by atoms with van der Waals surface area (Å²) in [5.41, 5.74) is 0. The number of nitrogens with zero attached hydrogens (tertiary/aromatic N) is 1. The number of hydrogen-bond donors (Lipinski definition) is 0. The Hall–Kier alpha value is 0.529. The summed E-state index contributed by atoms with van der Waals surface area (Å²) < 4.78 is 0. The van der Waals surface area contributed by atoms with Gasteiger partial charge >= 0.3 is 26.5 Å². The van der Waals surface area contributed by atoms with Crippen molar-refractivity contribution in [2.24, 2.45) is 0 Å². The Morgan fingerprint density at radius 1 is 1.75 bits per heavy atom. The molecule has 0 unspecified atom stereocenters. The molecule has 0 aromatic carbocycles. The number of nitriles is 1. The van der Waals surface area contributed by atoms with Gasteiger partial charge in [-0.05, 0) is 0 Å². The van der Waals surface area contributed by atoms with Crippen molar-refractivity contribution in [1.29, 1.82) is 5.26 Å². The van der Waals surface area contributed by atoms with Crippen LogP contribution in [0.4, 0.5) is 0 Å². The van der Waals surface area contributed by atoms with Gasteiger partial charge in [0.25, 0.3) is 0 Å². The van der Waals surface area contributed by atoms with Crippen molar-refractivity contribution in [2.75, 3.05) is 0 Å². The maximum Gasteiger partial charge on any atom is 0 e. The second-order valence-electron chi connectivity index (χ2n) is 0.0913. The first-order valence-corrected chi connectivity index (χ1v) is 1.07. The van der Waals surface area contributed by atoms with Gasteiger partial charge in [0.2, 0.25) is 0 Å². The molecule has 0 fully saturated rings. The maximum atomic E-state index is 7.26. The molecule has 0 aliphatic rings. The smallest absolute Gasteiger partial charge is 0 e. The van der Waals surface area contributed by atoms with E-state index in [0.717, 1.165) is 0 Å². The van der Waals surface area contributed by atoms with Gasteiger partial charge in [0.05, 0.1) is 0 Å². The molecule has 24 valence electrons. The van der Waals surface area contributed by atoms with E-state index < -0.39 is 0 Å². The Morgan fingerprint density at radius 3 is 1.75 bits per heavy atom. The third-order valence-corrected chi connectivity index (χ3v) is 0. The molecule has 0 saturated carbocycles. The van der Waals surface area contributed by atoms with E-state index in [-0.39, 0.29) is 16.8 Å². The Bertz CT molecular complexity index is 29.5. The van der Waals surface area contributed by atoms with E-state index in [1.54, 1.807) is 4.93 Å². The average molecular weight is 137 g/mol. The van der Waals surface area contributed by atoms with E-state index in [1.165, 1.54) is 0 Å². The van der Waals surface area contributed by atoms with Crippen molar-refractivity contribution in [2.45, 2.75) is 0 Å². The molecule has 0 heterocycles. The molecule has 0 aromatic rings. The van der Waals surface area contributed by atoms with E-state index >= 15 is 0 Å². The minimum Gasteiger partial charge on any atom is 0 e. The van der Waals surface area contributed by atoms with Crippen LogP contribution in [0.1, 0.15) is 0 Å². The number of rotatable bonds is 0. The predicted octanol–water partition coefficient (Wildman–Crippen LogP) is 0.0118. The molecule has 0 spiro atoms. The van der Waals surface area contributed by atoms with Crippen LogP contribution >= 0.6 is 0 Å². The van der Waals surface area contributed by atoms with E-state index in [2.05, 4.69) is 16.3 Å². The van der Waals surface area contributed by atoms with Crippen molar-refractivity contribution in [1.82, 2.24) is 0 Å². The van der Waals surface area contributed by atoms with Crippen LogP contribution in [0.2, 0.25) is 0 Å². The molecule has 1 nitrogen and oxygen atoms in total. The van der Waals surface area contributed by atoms with Crippen LogP contribution in [0.5, 0.6) is 0 Å². The Morgan fingerprint density at radius 2 is 1.75 bits per heavy atom. The Balaban J connectivity index is 0. The van der Waals surface area contributed by atoms with Gasteiger partial charge in [-0.1, -0.05) is 0 Å². The van der Waals surface area contributed by atoms with Crippen molar-refractivity contribution in [3.8, 4) is 4.93 Å². The fourth-order valence-electron chi connectivity index (χ4n) is 0. The van der Waals surface area contributed by atoms with Crippen LogP contribution in [-0.4, -0.2) is 0 Å². The zero-order valence-corrected chi connectivity index (χ0v) is 4.00. The first kappa shape index (κ1) is 8.82. The second-order valence-corrected chi connectivity index (χ2v) is 0.376. The van der Waals surface area contributed by atoms with E-state index in [9.17, 15) is 0 Å². The third kappa shape index (κ3) is 21.1.